The van der Waals surface area contributed by atoms with E-state index >= 15 is 0 Å². The summed E-state index contributed by atoms with van der Waals surface area (Å²) in [6, 6.07) is 14.4. The van der Waals surface area contributed by atoms with Gasteiger partial charge in [-0.15, -0.1) is 0 Å². The average Bonchev–Trinajstić information content (AvgIpc) is 2.68. The third-order valence-corrected chi connectivity index (χ3v) is 4.10. The van der Waals surface area contributed by atoms with Crippen LogP contribution >= 0.6 is 0 Å². The van der Waals surface area contributed by atoms with Crippen molar-refractivity contribution in [2.75, 3.05) is 13.7 Å². The maximum absolute atomic E-state index is 12.1. The van der Waals surface area contributed by atoms with Gasteiger partial charge in [0.05, 0.1) is 7.11 Å². The van der Waals surface area contributed by atoms with Crippen LogP contribution in [0.5, 0.6) is 0 Å². The van der Waals surface area contributed by atoms with Gasteiger partial charge in [-0.05, 0) is 42.2 Å². The van der Waals surface area contributed by atoms with E-state index in [4.69, 9.17) is 11.1 Å². The van der Waals surface area contributed by atoms with Gasteiger partial charge in [0.15, 0.2) is 0 Å². The Morgan fingerprint density at radius 2 is 1.59 bits per heavy atom. The zero-order valence-electron chi connectivity index (χ0n) is 15.4. The Balaban J connectivity index is 1.88. The molecular weight excluding hydrogens is 342 g/mol. The highest BCUT2D eigenvalue weighted by atomic mass is 16.5. The molecule has 2 aromatic rings. The highest BCUT2D eigenvalue weighted by molar-refractivity contribution is 5.98. The normalized spacial score (nSPS) is 11.0. The predicted octanol–water partition coefficient (Wildman–Crippen LogP) is 2.52. The second-order valence-electron chi connectivity index (χ2n) is 6.04. The number of carbonyl (C=O) groups excluding carboxylic acids is 2. The molecule has 2 rings (SSSR count). The summed E-state index contributed by atoms with van der Waals surface area (Å²) in [6.45, 7) is 2.35. The van der Waals surface area contributed by atoms with E-state index in [0.29, 0.717) is 24.1 Å². The van der Waals surface area contributed by atoms with Crippen molar-refractivity contribution in [3.8, 4) is 0 Å². The largest absolute Gasteiger partial charge is 0.466 e. The molecule has 0 heterocycles. The van der Waals surface area contributed by atoms with Gasteiger partial charge < -0.3 is 15.8 Å². The van der Waals surface area contributed by atoms with Crippen LogP contribution in [0.1, 0.15) is 34.0 Å². The van der Waals surface area contributed by atoms with E-state index in [2.05, 4.69) is 10.1 Å². The minimum atomic E-state index is -0.379. The molecule has 0 bridgehead atoms. The van der Waals surface area contributed by atoms with Crippen LogP contribution in [-0.4, -0.2) is 31.4 Å². The molecular formula is C21H23N3O3. The van der Waals surface area contributed by atoms with E-state index in [1.807, 2.05) is 31.2 Å². The molecule has 0 aliphatic carbocycles. The van der Waals surface area contributed by atoms with Gasteiger partial charge in [0.2, 0.25) is 0 Å². The lowest BCUT2D eigenvalue weighted by Gasteiger charge is -2.07. The molecule has 6 heteroatoms. The number of benzene rings is 2. The lowest BCUT2D eigenvalue weighted by atomic mass is 10.0. The summed E-state index contributed by atoms with van der Waals surface area (Å²) in [5.74, 6) is -0.573. The zero-order valence-corrected chi connectivity index (χ0v) is 15.4. The van der Waals surface area contributed by atoms with Gasteiger partial charge in [0.1, 0.15) is 5.84 Å². The molecule has 1 amide bonds. The summed E-state index contributed by atoms with van der Waals surface area (Å²) in [7, 11) is 1.35. The first-order valence-corrected chi connectivity index (χ1v) is 8.49. The van der Waals surface area contributed by atoms with Gasteiger partial charge in [-0.1, -0.05) is 36.4 Å². The van der Waals surface area contributed by atoms with Gasteiger partial charge >= 0.3 is 5.97 Å². The van der Waals surface area contributed by atoms with Crippen molar-refractivity contribution in [3.63, 3.8) is 0 Å². The van der Waals surface area contributed by atoms with Crippen LogP contribution in [0.4, 0.5) is 0 Å². The van der Waals surface area contributed by atoms with Crippen molar-refractivity contribution in [3.05, 3.63) is 76.9 Å². The van der Waals surface area contributed by atoms with Gasteiger partial charge in [0, 0.05) is 23.7 Å². The number of nitrogens with two attached hydrogens (primary N) is 1. The summed E-state index contributed by atoms with van der Waals surface area (Å²) in [5, 5.41) is 10.2. The van der Waals surface area contributed by atoms with Crippen molar-refractivity contribution < 1.29 is 14.3 Å². The molecule has 0 radical (unpaired) electrons. The molecule has 0 unspecified atom stereocenters. The summed E-state index contributed by atoms with van der Waals surface area (Å²) in [5.41, 5.74) is 9.37. The molecule has 0 aliphatic rings. The Hall–Kier alpha value is -3.41. The quantitative estimate of drug-likeness (QED) is 0.303. The van der Waals surface area contributed by atoms with Crippen LogP contribution in [0.15, 0.2) is 54.6 Å². The smallest absolute Gasteiger partial charge is 0.330 e. The number of rotatable bonds is 7. The Morgan fingerprint density at radius 3 is 2.15 bits per heavy atom. The van der Waals surface area contributed by atoms with E-state index in [0.717, 1.165) is 16.7 Å². The number of nitrogen functional groups attached to an aromatic ring is 1. The lowest BCUT2D eigenvalue weighted by molar-refractivity contribution is -0.134. The van der Waals surface area contributed by atoms with Crippen LogP contribution in [0, 0.1) is 5.41 Å². The van der Waals surface area contributed by atoms with Crippen LogP contribution in [-0.2, 0) is 16.0 Å². The Bertz CT molecular complexity index is 853. The number of amides is 1. The van der Waals surface area contributed by atoms with Crippen LogP contribution in [0.3, 0.4) is 0 Å². The maximum Gasteiger partial charge on any atom is 0.330 e. The average molecular weight is 365 g/mol. The minimum absolute atomic E-state index is 0.0259. The van der Waals surface area contributed by atoms with Gasteiger partial charge in [-0.25, -0.2) is 4.79 Å². The van der Waals surface area contributed by atoms with Gasteiger partial charge in [-0.3, -0.25) is 10.2 Å². The van der Waals surface area contributed by atoms with Crippen molar-refractivity contribution in [2.45, 2.75) is 13.3 Å². The first-order chi connectivity index (χ1) is 12.9. The number of methoxy groups -OCH3 is 1. The molecule has 4 N–H and O–H groups in total. The van der Waals surface area contributed by atoms with E-state index < -0.39 is 0 Å². The van der Waals surface area contributed by atoms with Gasteiger partial charge in [0.25, 0.3) is 5.91 Å². The molecule has 6 nitrogen and oxygen atoms in total. The van der Waals surface area contributed by atoms with Crippen LogP contribution < -0.4 is 11.1 Å². The SMILES string of the molecule is COC(=O)/C=C(\C)c1ccc(CCNC(=O)c2ccc(C(=N)N)cc2)cc1. The Labute approximate surface area is 158 Å². The number of carbonyl (C=O) groups is 2. The third kappa shape index (κ3) is 5.81. The predicted molar refractivity (Wildman–Crippen MR) is 106 cm³/mol. The molecule has 27 heavy (non-hydrogen) atoms. The lowest BCUT2D eigenvalue weighted by Crippen LogP contribution is -2.25. The topological polar surface area (TPSA) is 105 Å². The molecule has 0 saturated heterocycles. The monoisotopic (exact) mass is 365 g/mol. The van der Waals surface area contributed by atoms with Crippen LogP contribution in [0.2, 0.25) is 0 Å². The van der Waals surface area contributed by atoms with Crippen molar-refractivity contribution >= 4 is 23.3 Å². The first kappa shape index (κ1) is 19.9. The number of ether oxygens (including phenoxy) is 1. The number of esters is 1. The van der Waals surface area contributed by atoms with Crippen molar-refractivity contribution in [1.29, 1.82) is 5.41 Å². The Morgan fingerprint density at radius 1 is 1.04 bits per heavy atom. The van der Waals surface area contributed by atoms with E-state index in [-0.39, 0.29) is 17.7 Å². The fourth-order valence-electron chi connectivity index (χ4n) is 2.48. The van der Waals surface area contributed by atoms with Gasteiger partial charge in [-0.2, -0.15) is 0 Å². The molecule has 140 valence electrons. The van der Waals surface area contributed by atoms with E-state index in [1.54, 1.807) is 24.3 Å². The number of nitrogens with one attached hydrogen (secondary N) is 2. The fraction of sp³-hybridized carbons (Fsp3) is 0.190. The minimum Gasteiger partial charge on any atom is -0.466 e. The summed E-state index contributed by atoms with van der Waals surface area (Å²) < 4.78 is 4.62. The number of allylic oxidation sites excluding steroid dienone is 1. The number of hydrogen-bond acceptors (Lipinski definition) is 4. The second kappa shape index (κ2) is 9.33. The molecule has 0 fully saturated rings. The second-order valence-corrected chi connectivity index (χ2v) is 6.04. The standard InChI is InChI=1S/C21H23N3O3/c1-14(13-19(25)27-2)16-5-3-15(4-6-16)11-12-24-21(26)18-9-7-17(8-10-18)20(22)23/h3-10,13H,11-12H2,1-2H3,(H3,22,23)(H,24,26)/b14-13+. The summed E-state index contributed by atoms with van der Waals surface area (Å²) in [4.78, 5) is 23.4. The zero-order chi connectivity index (χ0) is 19.8. The molecule has 0 saturated carbocycles. The van der Waals surface area contributed by atoms with Crippen LogP contribution in [0.25, 0.3) is 5.57 Å². The number of amidine groups is 1. The molecule has 2 aromatic carbocycles. The summed E-state index contributed by atoms with van der Waals surface area (Å²) >= 11 is 0. The highest BCUT2D eigenvalue weighted by Gasteiger charge is 2.06. The molecule has 0 aromatic heterocycles. The highest BCUT2D eigenvalue weighted by Crippen LogP contribution is 2.15. The van der Waals surface area contributed by atoms with E-state index in [9.17, 15) is 9.59 Å². The van der Waals surface area contributed by atoms with Crippen molar-refractivity contribution in [2.24, 2.45) is 5.73 Å². The molecule has 0 spiro atoms. The van der Waals surface area contributed by atoms with Crippen molar-refractivity contribution in [1.82, 2.24) is 5.32 Å². The Kier molecular flexibility index (Phi) is 6.88. The summed E-state index contributed by atoms with van der Waals surface area (Å²) in [6.07, 6.45) is 2.14. The van der Waals surface area contributed by atoms with E-state index in [1.165, 1.54) is 13.2 Å². The maximum atomic E-state index is 12.1. The third-order valence-electron chi connectivity index (χ3n) is 4.10. The molecule has 0 atom stereocenters. The molecule has 0 aliphatic heterocycles. The fourth-order valence-corrected chi connectivity index (χ4v) is 2.48. The first-order valence-electron chi connectivity index (χ1n) is 8.49. The number of hydrogen-bond donors (Lipinski definition) is 3.